The van der Waals surface area contributed by atoms with Crippen molar-refractivity contribution in [3.05, 3.63) is 17.3 Å². The van der Waals surface area contributed by atoms with E-state index in [2.05, 4.69) is 10.2 Å². The summed E-state index contributed by atoms with van der Waals surface area (Å²) in [6.45, 7) is 0.860. The Morgan fingerprint density at radius 1 is 1.46 bits per heavy atom. The summed E-state index contributed by atoms with van der Waals surface area (Å²) >= 11 is 7.22. The highest BCUT2D eigenvalue weighted by Crippen LogP contribution is 2.29. The minimum absolute atomic E-state index is 0.246. The summed E-state index contributed by atoms with van der Waals surface area (Å²) in [6.07, 6.45) is 2.23. The van der Waals surface area contributed by atoms with Gasteiger partial charge in [0.15, 0.2) is 5.15 Å². The van der Waals surface area contributed by atoms with Crippen LogP contribution in [0.25, 0.3) is 0 Å². The maximum Gasteiger partial charge on any atom is 0.151 e. The number of nitrogens with zero attached hydrogens (tertiary/aromatic N) is 2. The molecular formula is C8H9ClN2OS. The zero-order valence-corrected chi connectivity index (χ0v) is 8.51. The predicted octanol–water partition coefficient (Wildman–Crippen LogP) is 2.36. The molecule has 2 heterocycles. The third kappa shape index (κ3) is 2.56. The van der Waals surface area contributed by atoms with Crippen LogP contribution in [0.15, 0.2) is 17.2 Å². The molecule has 1 aromatic heterocycles. The fourth-order valence-corrected chi connectivity index (χ4v) is 2.20. The van der Waals surface area contributed by atoms with Crippen LogP contribution in [-0.2, 0) is 4.74 Å². The van der Waals surface area contributed by atoms with E-state index in [1.165, 1.54) is 0 Å². The maximum absolute atomic E-state index is 5.61. The molecule has 70 valence electrons. The van der Waals surface area contributed by atoms with Gasteiger partial charge in [-0.15, -0.1) is 10.2 Å². The second-order valence-electron chi connectivity index (χ2n) is 2.75. The molecule has 5 heteroatoms. The molecule has 1 saturated heterocycles. The molecule has 2 rings (SSSR count). The Bertz CT molecular complexity index is 274. The Morgan fingerprint density at radius 3 is 3.00 bits per heavy atom. The molecule has 1 aliphatic heterocycles. The van der Waals surface area contributed by atoms with Gasteiger partial charge in [-0.25, -0.2) is 0 Å². The fourth-order valence-electron chi connectivity index (χ4n) is 1.14. The van der Waals surface area contributed by atoms with Crippen molar-refractivity contribution in [2.45, 2.75) is 23.3 Å². The Kier molecular flexibility index (Phi) is 3.03. The van der Waals surface area contributed by atoms with E-state index >= 15 is 0 Å². The lowest BCUT2D eigenvalue weighted by Crippen LogP contribution is -1.99. The first kappa shape index (κ1) is 9.24. The van der Waals surface area contributed by atoms with Gasteiger partial charge in [0.05, 0.1) is 0 Å². The SMILES string of the molecule is Clc1ccc(SC2CCCO2)nn1. The summed E-state index contributed by atoms with van der Waals surface area (Å²) < 4.78 is 5.45. The molecule has 1 unspecified atom stereocenters. The van der Waals surface area contributed by atoms with Gasteiger partial charge in [-0.2, -0.15) is 0 Å². The smallest absolute Gasteiger partial charge is 0.151 e. The molecule has 1 atom stereocenters. The van der Waals surface area contributed by atoms with E-state index in [0.717, 1.165) is 24.5 Å². The minimum atomic E-state index is 0.246. The molecule has 0 bridgehead atoms. The second-order valence-corrected chi connectivity index (χ2v) is 4.32. The van der Waals surface area contributed by atoms with Crippen LogP contribution in [0.1, 0.15) is 12.8 Å². The van der Waals surface area contributed by atoms with Gasteiger partial charge < -0.3 is 4.74 Å². The zero-order valence-electron chi connectivity index (χ0n) is 6.94. The van der Waals surface area contributed by atoms with Crippen molar-refractivity contribution < 1.29 is 4.74 Å². The topological polar surface area (TPSA) is 35.0 Å². The molecule has 3 nitrogen and oxygen atoms in total. The van der Waals surface area contributed by atoms with Gasteiger partial charge in [-0.1, -0.05) is 23.4 Å². The number of rotatable bonds is 2. The molecule has 0 radical (unpaired) electrons. The molecule has 13 heavy (non-hydrogen) atoms. The normalized spacial score (nSPS) is 22.1. The highest BCUT2D eigenvalue weighted by molar-refractivity contribution is 7.99. The number of aromatic nitrogens is 2. The third-order valence-corrected chi connectivity index (χ3v) is 3.04. The molecule has 0 spiro atoms. The Labute approximate surface area is 85.8 Å². The molecular weight excluding hydrogens is 208 g/mol. The van der Waals surface area contributed by atoms with Crippen molar-refractivity contribution in [3.63, 3.8) is 0 Å². The average molecular weight is 217 g/mol. The van der Waals surface area contributed by atoms with Gasteiger partial charge in [-0.3, -0.25) is 0 Å². The Balaban J connectivity index is 1.97. The zero-order chi connectivity index (χ0) is 9.10. The molecule has 0 aromatic carbocycles. The first-order chi connectivity index (χ1) is 6.34. The highest BCUT2D eigenvalue weighted by Gasteiger charge is 2.17. The summed E-state index contributed by atoms with van der Waals surface area (Å²) in [5, 5.41) is 9.00. The number of ether oxygens (including phenoxy) is 1. The summed E-state index contributed by atoms with van der Waals surface area (Å²) in [7, 11) is 0. The largest absolute Gasteiger partial charge is 0.367 e. The molecule has 0 saturated carbocycles. The minimum Gasteiger partial charge on any atom is -0.367 e. The quantitative estimate of drug-likeness (QED) is 0.760. The summed E-state index contributed by atoms with van der Waals surface area (Å²) in [5.74, 6) is 0. The first-order valence-electron chi connectivity index (χ1n) is 4.12. The van der Waals surface area contributed by atoms with E-state index in [0.29, 0.717) is 5.15 Å². The highest BCUT2D eigenvalue weighted by atomic mass is 35.5. The number of thioether (sulfide) groups is 1. The van der Waals surface area contributed by atoms with Crippen LogP contribution >= 0.6 is 23.4 Å². The lowest BCUT2D eigenvalue weighted by Gasteiger charge is -2.06. The average Bonchev–Trinajstić information content (AvgIpc) is 2.62. The first-order valence-corrected chi connectivity index (χ1v) is 5.38. The van der Waals surface area contributed by atoms with E-state index in [-0.39, 0.29) is 5.44 Å². The fraction of sp³-hybridized carbons (Fsp3) is 0.500. The lowest BCUT2D eigenvalue weighted by atomic mass is 10.4. The monoisotopic (exact) mass is 216 g/mol. The van der Waals surface area contributed by atoms with E-state index in [1.807, 2.05) is 6.07 Å². The summed E-state index contributed by atoms with van der Waals surface area (Å²) in [5.41, 5.74) is 0.246. The number of hydrogen-bond donors (Lipinski definition) is 0. The van der Waals surface area contributed by atoms with Crippen LogP contribution in [0.5, 0.6) is 0 Å². The number of hydrogen-bond acceptors (Lipinski definition) is 4. The second kappa shape index (κ2) is 4.26. The summed E-state index contributed by atoms with van der Waals surface area (Å²) in [6, 6.07) is 3.60. The Hall–Kier alpha value is -0.320. The Morgan fingerprint density at radius 2 is 2.38 bits per heavy atom. The van der Waals surface area contributed by atoms with Crippen LogP contribution in [0.3, 0.4) is 0 Å². The van der Waals surface area contributed by atoms with Crippen molar-refractivity contribution in [3.8, 4) is 0 Å². The summed E-state index contributed by atoms with van der Waals surface area (Å²) in [4.78, 5) is 0. The molecule has 0 N–H and O–H groups in total. The van der Waals surface area contributed by atoms with Crippen molar-refractivity contribution in [1.29, 1.82) is 0 Å². The molecule has 1 aromatic rings. The van der Waals surface area contributed by atoms with E-state index in [1.54, 1.807) is 17.8 Å². The van der Waals surface area contributed by atoms with E-state index in [9.17, 15) is 0 Å². The van der Waals surface area contributed by atoms with Gasteiger partial charge >= 0.3 is 0 Å². The van der Waals surface area contributed by atoms with E-state index < -0.39 is 0 Å². The van der Waals surface area contributed by atoms with Crippen molar-refractivity contribution >= 4 is 23.4 Å². The van der Waals surface area contributed by atoms with Gasteiger partial charge in [-0.05, 0) is 25.0 Å². The van der Waals surface area contributed by atoms with Gasteiger partial charge in [0.25, 0.3) is 0 Å². The van der Waals surface area contributed by atoms with Crippen LogP contribution < -0.4 is 0 Å². The van der Waals surface area contributed by atoms with Crippen molar-refractivity contribution in [2.24, 2.45) is 0 Å². The van der Waals surface area contributed by atoms with Crippen LogP contribution in [-0.4, -0.2) is 22.2 Å². The number of halogens is 1. The van der Waals surface area contributed by atoms with Crippen molar-refractivity contribution in [1.82, 2.24) is 10.2 Å². The predicted molar refractivity (Wildman–Crippen MR) is 51.9 cm³/mol. The molecule has 1 aliphatic rings. The van der Waals surface area contributed by atoms with Gasteiger partial charge in [0.1, 0.15) is 10.5 Å². The molecule has 0 aliphatic carbocycles. The molecule has 1 fully saturated rings. The standard InChI is InChI=1S/C8H9ClN2OS/c9-6-3-4-7(11-10-6)13-8-2-1-5-12-8/h3-4,8H,1-2,5H2. The lowest BCUT2D eigenvalue weighted by molar-refractivity contribution is 0.173. The van der Waals surface area contributed by atoms with Crippen LogP contribution in [0.4, 0.5) is 0 Å². The molecule has 0 amide bonds. The van der Waals surface area contributed by atoms with Crippen LogP contribution in [0.2, 0.25) is 5.15 Å². The van der Waals surface area contributed by atoms with Crippen molar-refractivity contribution in [2.75, 3.05) is 6.61 Å². The van der Waals surface area contributed by atoms with Gasteiger partial charge in [0, 0.05) is 6.61 Å². The van der Waals surface area contributed by atoms with E-state index in [4.69, 9.17) is 16.3 Å². The maximum atomic E-state index is 5.61. The van der Waals surface area contributed by atoms with Crippen LogP contribution in [0, 0.1) is 0 Å². The van der Waals surface area contributed by atoms with Gasteiger partial charge in [0.2, 0.25) is 0 Å². The third-order valence-electron chi connectivity index (χ3n) is 1.75.